The van der Waals surface area contributed by atoms with Gasteiger partial charge in [0, 0.05) is 0 Å². The molecule has 0 aromatic carbocycles. The fraction of sp³-hybridized carbons (Fsp3) is 0.600. The largest absolute Gasteiger partial charge is 0.351 e. The molecule has 0 aromatic heterocycles. The van der Waals surface area contributed by atoms with Crippen LogP contribution in [0.3, 0.4) is 0 Å². The van der Waals surface area contributed by atoms with E-state index in [1.165, 1.54) is 0 Å². The van der Waals surface area contributed by atoms with Crippen LogP contribution in [0.25, 0.3) is 0 Å². The van der Waals surface area contributed by atoms with Crippen molar-refractivity contribution in [1.82, 2.24) is 5.32 Å². The van der Waals surface area contributed by atoms with E-state index in [4.69, 9.17) is 5.73 Å². The van der Waals surface area contributed by atoms with E-state index in [0.717, 1.165) is 0 Å². The molecule has 58 valence electrons. The molecule has 0 rings (SSSR count). The van der Waals surface area contributed by atoms with Gasteiger partial charge < -0.3 is 11.5 Å². The van der Waals surface area contributed by atoms with Crippen molar-refractivity contribution in [3.05, 3.63) is 0 Å². The molecule has 0 fully saturated rings. The Morgan fingerprint density at radius 2 is 2.10 bits per heavy atom. The van der Waals surface area contributed by atoms with Crippen molar-refractivity contribution in [2.24, 2.45) is 11.5 Å². The summed E-state index contributed by atoms with van der Waals surface area (Å²) in [7, 11) is 0. The smallest absolute Gasteiger partial charge is 0.318 e. The molecule has 10 heavy (non-hydrogen) atoms. The summed E-state index contributed by atoms with van der Waals surface area (Å²) >= 11 is 0. The van der Waals surface area contributed by atoms with Crippen LogP contribution < -0.4 is 16.8 Å². The summed E-state index contributed by atoms with van der Waals surface area (Å²) in [5, 5.41) is 1.87. The number of hydrogen-bond acceptors (Lipinski definition) is 3. The first-order valence-corrected chi connectivity index (χ1v) is 2.93. The monoisotopic (exact) mass is 145 g/mol. The van der Waals surface area contributed by atoms with E-state index in [9.17, 15) is 9.59 Å². The Kier molecular flexibility index (Phi) is 3.42. The lowest BCUT2D eigenvalue weighted by Crippen LogP contribution is -2.45. The molecule has 5 heteroatoms. The molecule has 0 saturated carbocycles. The standard InChI is InChI=1S/C5H11N3O2/c1-2-3(6)4(9)8-5(7)10/h3H,2,6H2,1H3,(H3,7,8,9,10). The average Bonchev–Trinajstić information content (AvgIpc) is 1.85. The van der Waals surface area contributed by atoms with Gasteiger partial charge in [-0.05, 0) is 6.42 Å². The van der Waals surface area contributed by atoms with Crippen molar-refractivity contribution in [3.8, 4) is 0 Å². The molecule has 5 N–H and O–H groups in total. The number of rotatable bonds is 2. The fourth-order valence-corrected chi connectivity index (χ4v) is 0.400. The van der Waals surface area contributed by atoms with Crippen LogP contribution >= 0.6 is 0 Å². The molecule has 3 amide bonds. The molecule has 1 atom stereocenters. The summed E-state index contributed by atoms with van der Waals surface area (Å²) in [6.07, 6.45) is 0.485. The number of nitrogens with one attached hydrogen (secondary N) is 1. The second-order valence-electron chi connectivity index (χ2n) is 1.87. The highest BCUT2D eigenvalue weighted by Gasteiger charge is 2.11. The van der Waals surface area contributed by atoms with Crippen LogP contribution in [0.1, 0.15) is 13.3 Å². The Morgan fingerprint density at radius 3 is 2.40 bits per heavy atom. The topological polar surface area (TPSA) is 98.2 Å². The Balaban J connectivity index is 3.73. The van der Waals surface area contributed by atoms with Gasteiger partial charge in [-0.15, -0.1) is 0 Å². The van der Waals surface area contributed by atoms with Crippen molar-refractivity contribution < 1.29 is 9.59 Å². The maximum absolute atomic E-state index is 10.6. The normalized spacial score (nSPS) is 12.2. The molecule has 0 aliphatic rings. The van der Waals surface area contributed by atoms with Gasteiger partial charge in [0.05, 0.1) is 6.04 Å². The summed E-state index contributed by atoms with van der Waals surface area (Å²) < 4.78 is 0. The molecule has 0 aliphatic carbocycles. The summed E-state index contributed by atoms with van der Waals surface area (Å²) in [5.74, 6) is -0.532. The molecule has 0 saturated heterocycles. The number of urea groups is 1. The Morgan fingerprint density at radius 1 is 1.60 bits per heavy atom. The number of primary amides is 1. The van der Waals surface area contributed by atoms with Gasteiger partial charge in [0.25, 0.3) is 0 Å². The van der Waals surface area contributed by atoms with E-state index < -0.39 is 18.0 Å². The molecule has 0 bridgehead atoms. The van der Waals surface area contributed by atoms with Crippen molar-refractivity contribution in [3.63, 3.8) is 0 Å². The van der Waals surface area contributed by atoms with Gasteiger partial charge in [0.15, 0.2) is 0 Å². The highest BCUT2D eigenvalue weighted by atomic mass is 16.2. The molecule has 0 radical (unpaired) electrons. The minimum absolute atomic E-state index is 0.485. The number of nitrogens with two attached hydrogens (primary N) is 2. The van der Waals surface area contributed by atoms with Crippen molar-refractivity contribution >= 4 is 11.9 Å². The van der Waals surface area contributed by atoms with Crippen molar-refractivity contribution in [1.29, 1.82) is 0 Å². The van der Waals surface area contributed by atoms with Gasteiger partial charge in [-0.3, -0.25) is 10.1 Å². The Labute approximate surface area is 58.8 Å². The molecular formula is C5H11N3O2. The Hall–Kier alpha value is -1.10. The van der Waals surface area contributed by atoms with Crippen LogP contribution in [0, 0.1) is 0 Å². The predicted octanol–water partition coefficient (Wildman–Crippen LogP) is -1.08. The average molecular weight is 145 g/mol. The Bertz CT molecular complexity index is 146. The fourth-order valence-electron chi connectivity index (χ4n) is 0.400. The second kappa shape index (κ2) is 3.84. The molecule has 0 spiro atoms. The first-order valence-electron chi connectivity index (χ1n) is 2.93. The zero-order valence-electron chi connectivity index (χ0n) is 5.76. The SMILES string of the molecule is CCC(N)C(=O)NC(N)=O. The summed E-state index contributed by atoms with van der Waals surface area (Å²) in [5.41, 5.74) is 9.90. The quantitative estimate of drug-likeness (QED) is 0.461. The van der Waals surface area contributed by atoms with Crippen LogP contribution in [-0.2, 0) is 4.79 Å². The maximum Gasteiger partial charge on any atom is 0.318 e. The first-order chi connectivity index (χ1) is 4.57. The van der Waals surface area contributed by atoms with Crippen molar-refractivity contribution in [2.75, 3.05) is 0 Å². The summed E-state index contributed by atoms with van der Waals surface area (Å²) in [6.45, 7) is 1.74. The molecule has 1 unspecified atom stereocenters. The molecule has 0 heterocycles. The summed E-state index contributed by atoms with van der Waals surface area (Å²) in [4.78, 5) is 20.7. The van der Waals surface area contributed by atoms with Crippen LogP contribution in [0.5, 0.6) is 0 Å². The summed E-state index contributed by atoms with van der Waals surface area (Å²) in [6, 6.07) is -1.51. The number of imide groups is 1. The lowest BCUT2D eigenvalue weighted by Gasteiger charge is -2.05. The molecule has 5 nitrogen and oxygen atoms in total. The van der Waals surface area contributed by atoms with Crippen LogP contribution in [0.15, 0.2) is 0 Å². The van der Waals surface area contributed by atoms with Crippen molar-refractivity contribution in [2.45, 2.75) is 19.4 Å². The zero-order chi connectivity index (χ0) is 8.15. The predicted molar refractivity (Wildman–Crippen MR) is 36.0 cm³/mol. The lowest BCUT2D eigenvalue weighted by atomic mass is 10.2. The molecular weight excluding hydrogens is 134 g/mol. The van der Waals surface area contributed by atoms with Crippen LogP contribution in [0.2, 0.25) is 0 Å². The number of hydrogen-bond donors (Lipinski definition) is 3. The third-order valence-corrected chi connectivity index (χ3v) is 1.02. The highest BCUT2D eigenvalue weighted by Crippen LogP contribution is 1.83. The van der Waals surface area contributed by atoms with E-state index >= 15 is 0 Å². The minimum Gasteiger partial charge on any atom is -0.351 e. The van der Waals surface area contributed by atoms with Gasteiger partial charge in [-0.25, -0.2) is 4.79 Å². The third-order valence-electron chi connectivity index (χ3n) is 1.02. The van der Waals surface area contributed by atoms with E-state index in [2.05, 4.69) is 5.73 Å². The van der Waals surface area contributed by atoms with E-state index in [-0.39, 0.29) is 0 Å². The van der Waals surface area contributed by atoms with Gasteiger partial charge in [0.2, 0.25) is 5.91 Å². The van der Waals surface area contributed by atoms with Gasteiger partial charge in [-0.1, -0.05) is 6.92 Å². The molecule has 0 aromatic rings. The second-order valence-corrected chi connectivity index (χ2v) is 1.87. The minimum atomic E-state index is -0.867. The van der Waals surface area contributed by atoms with Crippen LogP contribution in [-0.4, -0.2) is 18.0 Å². The number of carbonyl (C=O) groups is 2. The lowest BCUT2D eigenvalue weighted by molar-refractivity contribution is -0.121. The third kappa shape index (κ3) is 3.03. The number of amides is 3. The molecule has 0 aliphatic heterocycles. The van der Waals surface area contributed by atoms with Gasteiger partial charge in [0.1, 0.15) is 0 Å². The van der Waals surface area contributed by atoms with E-state index in [0.29, 0.717) is 6.42 Å². The van der Waals surface area contributed by atoms with E-state index in [1.807, 2.05) is 5.32 Å². The maximum atomic E-state index is 10.6. The van der Waals surface area contributed by atoms with Gasteiger partial charge >= 0.3 is 6.03 Å². The number of carbonyl (C=O) groups excluding carboxylic acids is 2. The van der Waals surface area contributed by atoms with Gasteiger partial charge in [-0.2, -0.15) is 0 Å². The first kappa shape index (κ1) is 8.90. The van der Waals surface area contributed by atoms with Crippen LogP contribution in [0.4, 0.5) is 4.79 Å². The highest BCUT2D eigenvalue weighted by molar-refractivity contribution is 5.96. The van der Waals surface area contributed by atoms with E-state index in [1.54, 1.807) is 6.92 Å². The zero-order valence-corrected chi connectivity index (χ0v) is 5.76.